The zero-order valence-electron chi connectivity index (χ0n) is 7.73. The van der Waals surface area contributed by atoms with Gasteiger partial charge >= 0.3 is 29.6 Å². The van der Waals surface area contributed by atoms with Gasteiger partial charge in [-0.1, -0.05) is 35.5 Å². The Balaban J connectivity index is 0. The molecule has 1 aromatic rings. The molecule has 0 fully saturated rings. The number of nitriles is 1. The third kappa shape index (κ3) is 2.67. The fourth-order valence-electron chi connectivity index (χ4n) is 0.741. The van der Waals surface area contributed by atoms with Crippen LogP contribution in [-0.4, -0.2) is 10.9 Å². The van der Waals surface area contributed by atoms with E-state index < -0.39 is 0 Å². The molecule has 0 aliphatic carbocycles. The van der Waals surface area contributed by atoms with Crippen LogP contribution in [0.5, 0.6) is 0 Å². The Labute approximate surface area is 94.1 Å². The minimum atomic E-state index is 0. The third-order valence-corrected chi connectivity index (χ3v) is 1.25. The Bertz CT molecular complexity index is 308. The second-order valence-electron chi connectivity index (χ2n) is 1.93. The van der Waals surface area contributed by atoms with E-state index >= 15 is 0 Å². The first-order valence-electron chi connectivity index (χ1n) is 3.06. The van der Waals surface area contributed by atoms with Gasteiger partial charge in [0.25, 0.3) is 0 Å². The molecule has 0 saturated carbocycles. The number of hydrogen-bond donors (Lipinski definition) is 1. The Hall–Kier alpha value is -0.820. The van der Waals surface area contributed by atoms with Crippen molar-refractivity contribution in [3.8, 4) is 6.07 Å². The van der Waals surface area contributed by atoms with Crippen LogP contribution in [0.2, 0.25) is 0 Å². The summed E-state index contributed by atoms with van der Waals surface area (Å²) in [6, 6.07) is 10.6. The van der Waals surface area contributed by atoms with E-state index in [4.69, 9.17) is 10.5 Å². The van der Waals surface area contributed by atoms with Gasteiger partial charge in [0.15, 0.2) is 5.71 Å². The summed E-state index contributed by atoms with van der Waals surface area (Å²) >= 11 is 0. The molecule has 1 rings (SSSR count). The Morgan fingerprint density at radius 1 is 1.42 bits per heavy atom. The summed E-state index contributed by atoms with van der Waals surface area (Å²) in [5.74, 6) is 0. The van der Waals surface area contributed by atoms with Gasteiger partial charge in [0, 0.05) is 5.56 Å². The van der Waals surface area contributed by atoms with Gasteiger partial charge in [0.05, 0.1) is 0 Å². The van der Waals surface area contributed by atoms with Crippen LogP contribution in [0.3, 0.4) is 0 Å². The summed E-state index contributed by atoms with van der Waals surface area (Å²) in [5, 5.41) is 19.6. The normalized spacial score (nSPS) is 9.75. The molecule has 0 aromatic heterocycles. The first-order chi connectivity index (χ1) is 5.38. The van der Waals surface area contributed by atoms with E-state index in [1.807, 2.05) is 6.07 Å². The van der Waals surface area contributed by atoms with Crippen molar-refractivity contribution in [1.29, 1.82) is 5.26 Å². The average molecular weight is 170 g/mol. The van der Waals surface area contributed by atoms with E-state index in [0.717, 1.165) is 0 Å². The molecular formula is C8H7N2NaO. The Kier molecular flexibility index (Phi) is 5.39. The van der Waals surface area contributed by atoms with Crippen LogP contribution in [0.25, 0.3) is 0 Å². The van der Waals surface area contributed by atoms with E-state index in [1.54, 1.807) is 30.3 Å². The molecule has 0 saturated heterocycles. The van der Waals surface area contributed by atoms with Crippen molar-refractivity contribution in [3.05, 3.63) is 35.9 Å². The van der Waals surface area contributed by atoms with Crippen molar-refractivity contribution < 1.29 is 36.2 Å². The molecule has 0 amide bonds. The molecule has 0 aliphatic heterocycles. The van der Waals surface area contributed by atoms with Gasteiger partial charge < -0.3 is 6.63 Å². The van der Waals surface area contributed by atoms with E-state index in [0.29, 0.717) is 5.56 Å². The predicted octanol–water partition coefficient (Wildman–Crippen LogP) is -1.50. The van der Waals surface area contributed by atoms with Crippen LogP contribution in [0.4, 0.5) is 0 Å². The summed E-state index contributed by atoms with van der Waals surface area (Å²) in [7, 11) is 0. The smallest absolute Gasteiger partial charge is 1.00 e. The van der Waals surface area contributed by atoms with Gasteiger partial charge in [0.2, 0.25) is 0 Å². The van der Waals surface area contributed by atoms with Crippen LogP contribution in [0.15, 0.2) is 35.5 Å². The molecule has 0 spiro atoms. The van der Waals surface area contributed by atoms with E-state index in [-0.39, 0.29) is 36.7 Å². The fourth-order valence-corrected chi connectivity index (χ4v) is 0.741. The molecule has 4 heteroatoms. The summed E-state index contributed by atoms with van der Waals surface area (Å²) < 4.78 is 0. The van der Waals surface area contributed by atoms with Gasteiger partial charge in [0.1, 0.15) is 6.07 Å². The van der Waals surface area contributed by atoms with Crippen LogP contribution >= 0.6 is 0 Å². The maximum atomic E-state index is 8.44. The fraction of sp³-hybridized carbons (Fsp3) is 0. The van der Waals surface area contributed by atoms with Crippen molar-refractivity contribution >= 4 is 5.71 Å². The van der Waals surface area contributed by atoms with Gasteiger partial charge in [-0.05, 0) is 0 Å². The minimum absolute atomic E-state index is 0. The zero-order chi connectivity index (χ0) is 8.10. The van der Waals surface area contributed by atoms with Gasteiger partial charge in [-0.15, -0.1) is 0 Å². The number of nitrogens with zero attached hydrogens (tertiary/aromatic N) is 2. The van der Waals surface area contributed by atoms with Crippen molar-refractivity contribution in [2.45, 2.75) is 0 Å². The number of hydrogen-bond acceptors (Lipinski definition) is 3. The molecule has 0 heterocycles. The molecule has 0 aliphatic rings. The first-order valence-corrected chi connectivity index (χ1v) is 3.06. The molecule has 3 nitrogen and oxygen atoms in total. The second-order valence-corrected chi connectivity index (χ2v) is 1.93. The monoisotopic (exact) mass is 170 g/mol. The summed E-state index contributed by atoms with van der Waals surface area (Å²) in [6.45, 7) is 0. The molecule has 56 valence electrons. The number of oxime groups is 1. The van der Waals surface area contributed by atoms with Crippen LogP contribution in [0, 0.1) is 11.3 Å². The summed E-state index contributed by atoms with van der Waals surface area (Å²) in [6.07, 6.45) is 0. The average Bonchev–Trinajstić information content (AvgIpc) is 2.09. The zero-order valence-corrected chi connectivity index (χ0v) is 8.73. The van der Waals surface area contributed by atoms with E-state index in [2.05, 4.69) is 5.16 Å². The predicted molar refractivity (Wildman–Crippen MR) is 41.5 cm³/mol. The molecule has 1 aromatic carbocycles. The molecule has 0 atom stereocenters. The molecule has 0 bridgehead atoms. The Morgan fingerprint density at radius 3 is 2.42 bits per heavy atom. The maximum Gasteiger partial charge on any atom is 1.00 e. The van der Waals surface area contributed by atoms with Crippen LogP contribution in [0.1, 0.15) is 6.99 Å². The van der Waals surface area contributed by atoms with Crippen molar-refractivity contribution in [2.75, 3.05) is 0 Å². The molecule has 0 unspecified atom stereocenters. The van der Waals surface area contributed by atoms with Crippen molar-refractivity contribution in [1.82, 2.24) is 0 Å². The van der Waals surface area contributed by atoms with E-state index in [9.17, 15) is 0 Å². The Morgan fingerprint density at radius 2 is 2.00 bits per heavy atom. The van der Waals surface area contributed by atoms with Crippen LogP contribution < -0.4 is 29.6 Å². The summed E-state index contributed by atoms with van der Waals surface area (Å²) in [5.41, 5.74) is 0.656. The van der Waals surface area contributed by atoms with Crippen LogP contribution in [-0.2, 0) is 0 Å². The molecule has 1 N–H and O–H groups in total. The second kappa shape index (κ2) is 5.78. The largest absolute Gasteiger partial charge is 1.00 e. The number of benzene rings is 1. The van der Waals surface area contributed by atoms with Gasteiger partial charge in [-0.2, -0.15) is 5.26 Å². The van der Waals surface area contributed by atoms with Crippen molar-refractivity contribution in [2.24, 2.45) is 5.16 Å². The maximum absolute atomic E-state index is 8.44. The SMILES string of the molecule is N#CC(=NO)c1ccccc1.[H-].[Na+]. The third-order valence-electron chi connectivity index (χ3n) is 1.25. The van der Waals surface area contributed by atoms with Gasteiger partial charge in [-0.3, -0.25) is 0 Å². The quantitative estimate of drug-likeness (QED) is 0.241. The first kappa shape index (κ1) is 11.2. The topological polar surface area (TPSA) is 56.4 Å². The van der Waals surface area contributed by atoms with Gasteiger partial charge in [-0.25, -0.2) is 0 Å². The minimum Gasteiger partial charge on any atom is -1.00 e. The molecular weight excluding hydrogens is 163 g/mol. The summed E-state index contributed by atoms with van der Waals surface area (Å²) in [4.78, 5) is 0. The van der Waals surface area contributed by atoms with Crippen molar-refractivity contribution in [3.63, 3.8) is 0 Å². The van der Waals surface area contributed by atoms with E-state index in [1.165, 1.54) is 0 Å². The molecule has 12 heavy (non-hydrogen) atoms. The molecule has 0 radical (unpaired) electrons. The standard InChI is InChI=1S/C8H6N2O.Na.H/c9-6-8(10-11)7-4-2-1-3-5-7;;/h1-5,11H;;/q;+1;-1. The number of rotatable bonds is 1.